The lowest BCUT2D eigenvalue weighted by Gasteiger charge is -2.33. The lowest BCUT2D eigenvalue weighted by atomic mass is 10.1. The van der Waals surface area contributed by atoms with Crippen LogP contribution in [0.15, 0.2) is 36.4 Å². The fourth-order valence-corrected chi connectivity index (χ4v) is 4.78. The van der Waals surface area contributed by atoms with E-state index in [-0.39, 0.29) is 0 Å². The maximum absolute atomic E-state index is 9.04. The molecule has 0 saturated carbocycles. The molecule has 1 unspecified atom stereocenters. The number of alkyl halides is 1. The van der Waals surface area contributed by atoms with Crippen LogP contribution in [0.3, 0.4) is 0 Å². The molecule has 3 nitrogen and oxygen atoms in total. The Morgan fingerprint density at radius 2 is 1.46 bits per heavy atom. The van der Waals surface area contributed by atoms with Crippen molar-refractivity contribution >= 4 is 33.3 Å². The summed E-state index contributed by atoms with van der Waals surface area (Å²) >= 11 is 3.72. The molecule has 4 heteroatoms. The molecule has 1 aliphatic heterocycles. The van der Waals surface area contributed by atoms with Crippen LogP contribution in [0.4, 0.5) is 11.4 Å². The van der Waals surface area contributed by atoms with Crippen LogP contribution in [0.5, 0.6) is 0 Å². The van der Waals surface area contributed by atoms with E-state index in [0.717, 1.165) is 18.5 Å². The summed E-state index contributed by atoms with van der Waals surface area (Å²) in [5, 5.41) is 9.04. The second kappa shape index (κ2) is 6.34. The monoisotopic (exact) mass is 386 g/mol. The molecule has 1 N–H and O–H groups in total. The average Bonchev–Trinajstić information content (AvgIpc) is 2.85. The van der Waals surface area contributed by atoms with Crippen molar-refractivity contribution in [2.45, 2.75) is 27.7 Å². The fraction of sp³-hybridized carbons (Fsp3) is 0.350. The summed E-state index contributed by atoms with van der Waals surface area (Å²) in [6.07, 6.45) is 0. The molecular formula is C20H25BrN3+. The van der Waals surface area contributed by atoms with Gasteiger partial charge in [-0.05, 0) is 54.8 Å². The quantitative estimate of drug-likeness (QED) is 0.446. The molecule has 1 saturated heterocycles. The summed E-state index contributed by atoms with van der Waals surface area (Å²) < 4.78 is 0.562. The molecule has 24 heavy (non-hydrogen) atoms. The van der Waals surface area contributed by atoms with Gasteiger partial charge in [-0.25, -0.2) is 9.89 Å². The molecule has 1 aliphatic rings. The Morgan fingerprint density at radius 1 is 0.958 bits per heavy atom. The standard InChI is InChI=1S/C20H25BrN3/c1-14-7-5-8-15(2)18(14)23-11-12-24(13-21,20(23)22)19-16(3)9-6-10-17(19)4/h5-10,22H,11-13H2,1-4H3/q+1. The van der Waals surface area contributed by atoms with Gasteiger partial charge in [0.1, 0.15) is 17.7 Å². The summed E-state index contributed by atoms with van der Waals surface area (Å²) in [6, 6.07) is 12.8. The van der Waals surface area contributed by atoms with E-state index >= 15 is 0 Å². The lowest BCUT2D eigenvalue weighted by Crippen LogP contribution is -2.53. The minimum atomic E-state index is 0.562. The lowest BCUT2D eigenvalue weighted by molar-refractivity contribution is 0.519. The topological polar surface area (TPSA) is 27.1 Å². The molecule has 0 bridgehead atoms. The van der Waals surface area contributed by atoms with Crippen LogP contribution in [0.25, 0.3) is 0 Å². The molecule has 0 aliphatic carbocycles. The van der Waals surface area contributed by atoms with Gasteiger partial charge in [0.15, 0.2) is 0 Å². The summed E-state index contributed by atoms with van der Waals surface area (Å²) in [4.78, 5) is 2.19. The van der Waals surface area contributed by atoms with Gasteiger partial charge in [0.05, 0.1) is 12.2 Å². The molecular weight excluding hydrogens is 362 g/mol. The highest BCUT2D eigenvalue weighted by Gasteiger charge is 2.47. The van der Waals surface area contributed by atoms with Gasteiger partial charge in [-0.2, -0.15) is 0 Å². The number of halogens is 1. The third-order valence-electron chi connectivity index (χ3n) is 5.15. The van der Waals surface area contributed by atoms with Crippen LogP contribution in [0.2, 0.25) is 0 Å². The molecule has 0 radical (unpaired) electrons. The van der Waals surface area contributed by atoms with Crippen molar-refractivity contribution < 1.29 is 0 Å². The Morgan fingerprint density at radius 3 is 1.96 bits per heavy atom. The summed E-state index contributed by atoms with van der Waals surface area (Å²) in [5.41, 5.74) is 8.14. The summed E-state index contributed by atoms with van der Waals surface area (Å²) in [7, 11) is 0. The Hall–Kier alpha value is -1.65. The zero-order chi connectivity index (χ0) is 17.5. The smallest absolute Gasteiger partial charge is 0.274 e. The van der Waals surface area contributed by atoms with Crippen molar-refractivity contribution in [2.75, 3.05) is 23.4 Å². The van der Waals surface area contributed by atoms with Crippen LogP contribution < -0.4 is 9.38 Å². The molecule has 2 aromatic rings. The first-order valence-electron chi connectivity index (χ1n) is 8.35. The van der Waals surface area contributed by atoms with Crippen LogP contribution in [0.1, 0.15) is 22.3 Å². The molecule has 0 amide bonds. The van der Waals surface area contributed by atoms with Gasteiger partial charge in [-0.3, -0.25) is 4.90 Å². The maximum Gasteiger partial charge on any atom is 0.308 e. The SMILES string of the molecule is Cc1cccc(C)c1N1CC[N+](CBr)(c2c(C)cccc2C)C1=N. The van der Waals surface area contributed by atoms with Crippen molar-refractivity contribution in [3.63, 3.8) is 0 Å². The summed E-state index contributed by atoms with van der Waals surface area (Å²) in [6.45, 7) is 10.3. The van der Waals surface area contributed by atoms with Crippen LogP contribution in [-0.4, -0.2) is 24.5 Å². The Labute approximate surface area is 153 Å². The first-order chi connectivity index (χ1) is 11.4. The van der Waals surface area contributed by atoms with Crippen molar-refractivity contribution in [2.24, 2.45) is 0 Å². The van der Waals surface area contributed by atoms with Gasteiger partial charge in [-0.15, -0.1) is 0 Å². The predicted octanol–water partition coefficient (Wildman–Crippen LogP) is 5.03. The molecule has 0 spiro atoms. The normalized spacial score (nSPS) is 20.7. The Balaban J connectivity index is 2.12. The van der Waals surface area contributed by atoms with Crippen LogP contribution >= 0.6 is 15.9 Å². The van der Waals surface area contributed by atoms with Crippen molar-refractivity contribution in [3.8, 4) is 0 Å². The molecule has 1 atom stereocenters. The number of anilines is 1. The number of guanidine groups is 1. The largest absolute Gasteiger partial charge is 0.308 e. The number of benzene rings is 2. The number of quaternary nitrogens is 1. The highest BCUT2D eigenvalue weighted by molar-refractivity contribution is 9.09. The third kappa shape index (κ3) is 2.49. The zero-order valence-electron chi connectivity index (χ0n) is 14.9. The molecule has 3 rings (SSSR count). The van der Waals surface area contributed by atoms with Crippen molar-refractivity contribution in [3.05, 3.63) is 58.7 Å². The van der Waals surface area contributed by atoms with E-state index in [1.807, 2.05) is 0 Å². The number of nitrogens with zero attached hydrogens (tertiary/aromatic N) is 2. The van der Waals surface area contributed by atoms with E-state index in [4.69, 9.17) is 5.41 Å². The first kappa shape index (κ1) is 17.2. The molecule has 1 fully saturated rings. The first-order valence-corrected chi connectivity index (χ1v) is 9.47. The highest BCUT2D eigenvalue weighted by Crippen LogP contribution is 2.38. The van der Waals surface area contributed by atoms with Gasteiger partial charge in [0.25, 0.3) is 0 Å². The molecule has 0 aromatic heterocycles. The van der Waals surface area contributed by atoms with Crippen LogP contribution in [0, 0.1) is 33.1 Å². The van der Waals surface area contributed by atoms with E-state index in [0.29, 0.717) is 10.4 Å². The maximum atomic E-state index is 9.04. The average molecular weight is 387 g/mol. The molecule has 1 heterocycles. The number of para-hydroxylation sites is 2. The number of hydrogen-bond donors (Lipinski definition) is 1. The highest BCUT2D eigenvalue weighted by atomic mass is 79.9. The van der Waals surface area contributed by atoms with Gasteiger partial charge < -0.3 is 0 Å². The van der Waals surface area contributed by atoms with E-state index in [1.54, 1.807) is 0 Å². The molecule has 126 valence electrons. The third-order valence-corrected chi connectivity index (χ3v) is 6.00. The minimum absolute atomic E-state index is 0.562. The van der Waals surface area contributed by atoms with Gasteiger partial charge in [0, 0.05) is 11.1 Å². The zero-order valence-corrected chi connectivity index (χ0v) is 16.4. The summed E-state index contributed by atoms with van der Waals surface area (Å²) in [5.74, 6) is 0.654. The Kier molecular flexibility index (Phi) is 4.54. The van der Waals surface area contributed by atoms with E-state index in [2.05, 4.69) is 84.9 Å². The second-order valence-corrected chi connectivity index (χ2v) is 7.27. The van der Waals surface area contributed by atoms with Gasteiger partial charge in [0.2, 0.25) is 0 Å². The minimum Gasteiger partial charge on any atom is -0.274 e. The van der Waals surface area contributed by atoms with Crippen molar-refractivity contribution in [1.82, 2.24) is 4.48 Å². The van der Waals surface area contributed by atoms with Gasteiger partial charge >= 0.3 is 5.96 Å². The number of rotatable bonds is 3. The molecule has 2 aromatic carbocycles. The number of hydrogen-bond acceptors (Lipinski definition) is 1. The van der Waals surface area contributed by atoms with Crippen LogP contribution in [-0.2, 0) is 0 Å². The number of aryl methyl sites for hydroxylation is 4. The van der Waals surface area contributed by atoms with E-state index in [1.165, 1.54) is 33.6 Å². The predicted molar refractivity (Wildman–Crippen MR) is 107 cm³/mol. The Bertz CT molecular complexity index is 759. The van der Waals surface area contributed by atoms with Gasteiger partial charge in [-0.1, -0.05) is 36.4 Å². The van der Waals surface area contributed by atoms with E-state index < -0.39 is 0 Å². The fourth-order valence-electron chi connectivity index (χ4n) is 4.04. The van der Waals surface area contributed by atoms with Crippen molar-refractivity contribution in [1.29, 1.82) is 5.41 Å². The second-order valence-electron chi connectivity index (χ2n) is 6.77. The van der Waals surface area contributed by atoms with E-state index in [9.17, 15) is 0 Å². The number of nitrogens with one attached hydrogen (secondary N) is 1.